The molecule has 0 saturated carbocycles. The van der Waals surface area contributed by atoms with Crippen LogP contribution in [-0.2, 0) is 42.3 Å². The summed E-state index contributed by atoms with van der Waals surface area (Å²) in [5, 5.41) is 1.47. The maximum absolute atomic E-state index is 5.57. The molecule has 0 fully saturated rings. The van der Waals surface area contributed by atoms with Crippen LogP contribution in [0, 0.1) is 0 Å². The Bertz CT molecular complexity index is 344. The standard InChI is InChI=1S/2C6H5ClS.Cu/c2*7-5-1-3-6(8)4-2-5;/h2*1-4,8H;/q;;+2/p-2. The van der Waals surface area contributed by atoms with Crippen molar-refractivity contribution in [2.75, 3.05) is 0 Å². The third-order valence-corrected chi connectivity index (χ3v) is 2.68. The van der Waals surface area contributed by atoms with E-state index in [1.54, 1.807) is 48.5 Å². The minimum atomic E-state index is 0. The molecule has 0 unspecified atom stereocenters. The molecule has 2 rings (SSSR count). The molecule has 0 saturated heterocycles. The fraction of sp³-hybridized carbons (Fsp3) is 0. The molecule has 2 aromatic rings. The van der Waals surface area contributed by atoms with Gasteiger partial charge in [-0.05, 0) is 24.3 Å². The number of hydrogen-bond acceptors (Lipinski definition) is 2. The minimum Gasteiger partial charge on any atom is -0.780 e. The number of hydrogen-bond donors (Lipinski definition) is 0. The fourth-order valence-electron chi connectivity index (χ4n) is 0.869. The number of halogens is 2. The molecule has 0 spiro atoms. The summed E-state index contributed by atoms with van der Waals surface area (Å²) >= 11 is 20.8. The third-order valence-electron chi connectivity index (χ3n) is 1.63. The van der Waals surface area contributed by atoms with Gasteiger partial charge in [0.1, 0.15) is 0 Å². The first-order valence-corrected chi connectivity index (χ1v) is 6.00. The van der Waals surface area contributed by atoms with E-state index in [1.165, 1.54) is 0 Å². The Labute approximate surface area is 133 Å². The van der Waals surface area contributed by atoms with Gasteiger partial charge in [0.05, 0.1) is 0 Å². The first-order chi connectivity index (χ1) is 7.58. The van der Waals surface area contributed by atoms with Gasteiger partial charge in [-0.1, -0.05) is 47.5 Å². The van der Waals surface area contributed by atoms with Crippen LogP contribution < -0.4 is 0 Å². The Morgan fingerprint density at radius 2 is 0.824 bits per heavy atom. The molecular formula is C12H8Cl2CuS2. The van der Waals surface area contributed by atoms with Gasteiger partial charge in [0, 0.05) is 10.0 Å². The van der Waals surface area contributed by atoms with E-state index in [1.807, 2.05) is 0 Å². The molecule has 0 nitrogen and oxygen atoms in total. The monoisotopic (exact) mass is 349 g/mol. The second-order valence-corrected chi connectivity index (χ2v) is 4.72. The van der Waals surface area contributed by atoms with Crippen LogP contribution in [0.5, 0.6) is 0 Å². The summed E-state index contributed by atoms with van der Waals surface area (Å²) in [5.41, 5.74) is 0. The Morgan fingerprint density at radius 3 is 1.00 bits per heavy atom. The maximum Gasteiger partial charge on any atom is 2.00 e. The van der Waals surface area contributed by atoms with E-state index >= 15 is 0 Å². The summed E-state index contributed by atoms with van der Waals surface area (Å²) in [6, 6.07) is 14.3. The van der Waals surface area contributed by atoms with Gasteiger partial charge >= 0.3 is 17.1 Å². The molecule has 0 aliphatic heterocycles. The number of benzene rings is 2. The van der Waals surface area contributed by atoms with Gasteiger partial charge in [0.2, 0.25) is 0 Å². The largest absolute Gasteiger partial charge is 2.00 e. The predicted octanol–water partition coefficient (Wildman–Crippen LogP) is 4.49. The van der Waals surface area contributed by atoms with Crippen molar-refractivity contribution >= 4 is 48.5 Å². The van der Waals surface area contributed by atoms with Gasteiger partial charge in [0.25, 0.3) is 0 Å². The van der Waals surface area contributed by atoms with Gasteiger partial charge < -0.3 is 25.3 Å². The van der Waals surface area contributed by atoms with E-state index in [9.17, 15) is 0 Å². The summed E-state index contributed by atoms with van der Waals surface area (Å²) in [7, 11) is 0. The van der Waals surface area contributed by atoms with Crippen LogP contribution in [0.4, 0.5) is 0 Å². The van der Waals surface area contributed by atoms with Crippen molar-refractivity contribution in [3.8, 4) is 0 Å². The van der Waals surface area contributed by atoms with Gasteiger partial charge in [-0.3, -0.25) is 0 Å². The van der Waals surface area contributed by atoms with Crippen LogP contribution in [0.1, 0.15) is 0 Å². The van der Waals surface area contributed by atoms with Crippen molar-refractivity contribution in [1.82, 2.24) is 0 Å². The van der Waals surface area contributed by atoms with Crippen molar-refractivity contribution in [2.24, 2.45) is 0 Å². The molecule has 0 aromatic heterocycles. The van der Waals surface area contributed by atoms with Crippen molar-refractivity contribution in [1.29, 1.82) is 0 Å². The Balaban J connectivity index is 0.000000284. The summed E-state index contributed by atoms with van der Waals surface area (Å²) in [5.74, 6) is 0. The molecule has 5 heteroatoms. The molecule has 0 atom stereocenters. The topological polar surface area (TPSA) is 0 Å². The van der Waals surface area contributed by atoms with Crippen LogP contribution in [0.3, 0.4) is 0 Å². The zero-order valence-corrected chi connectivity index (χ0v) is 12.6. The molecule has 0 aliphatic rings. The molecule has 0 heterocycles. The average molecular weight is 351 g/mol. The van der Waals surface area contributed by atoms with Gasteiger partial charge in [-0.15, -0.1) is 0 Å². The molecule has 0 amide bonds. The van der Waals surface area contributed by atoms with Gasteiger partial charge in [0.15, 0.2) is 0 Å². The molecule has 0 aliphatic carbocycles. The van der Waals surface area contributed by atoms with E-state index in [4.69, 9.17) is 48.5 Å². The molecule has 0 bridgehead atoms. The van der Waals surface area contributed by atoms with E-state index in [0.717, 1.165) is 19.8 Å². The van der Waals surface area contributed by atoms with E-state index < -0.39 is 0 Å². The van der Waals surface area contributed by atoms with E-state index in [-0.39, 0.29) is 17.1 Å². The van der Waals surface area contributed by atoms with Gasteiger partial charge in [-0.25, -0.2) is 0 Å². The van der Waals surface area contributed by atoms with Crippen LogP contribution in [0.15, 0.2) is 58.3 Å². The SMILES string of the molecule is [Cu+2].[S-]c1ccc(Cl)cc1.[S-]c1ccc(Cl)cc1. The zero-order valence-electron chi connectivity index (χ0n) is 8.49. The Morgan fingerprint density at radius 1 is 0.588 bits per heavy atom. The predicted molar refractivity (Wildman–Crippen MR) is 74.2 cm³/mol. The molecule has 2 aromatic carbocycles. The number of rotatable bonds is 0. The second-order valence-electron chi connectivity index (χ2n) is 2.91. The van der Waals surface area contributed by atoms with E-state index in [2.05, 4.69) is 0 Å². The molecular weight excluding hydrogens is 343 g/mol. The van der Waals surface area contributed by atoms with Gasteiger partial charge in [-0.2, -0.15) is 9.79 Å². The molecule has 1 radical (unpaired) electrons. The van der Waals surface area contributed by atoms with Crippen molar-refractivity contribution in [2.45, 2.75) is 9.79 Å². The van der Waals surface area contributed by atoms with Crippen LogP contribution in [0.2, 0.25) is 10.0 Å². The minimum absolute atomic E-state index is 0. The van der Waals surface area contributed by atoms with Crippen LogP contribution in [0.25, 0.3) is 0 Å². The van der Waals surface area contributed by atoms with Crippen LogP contribution in [-0.4, -0.2) is 0 Å². The van der Waals surface area contributed by atoms with Crippen molar-refractivity contribution < 1.29 is 17.1 Å². The molecule has 17 heavy (non-hydrogen) atoms. The summed E-state index contributed by atoms with van der Waals surface area (Å²) in [6.07, 6.45) is 0. The van der Waals surface area contributed by atoms with Crippen molar-refractivity contribution in [3.63, 3.8) is 0 Å². The summed E-state index contributed by atoms with van der Waals surface area (Å²) < 4.78 is 0. The molecule has 93 valence electrons. The Kier molecular flexibility index (Phi) is 8.97. The Hall–Kier alpha value is -0.0205. The van der Waals surface area contributed by atoms with E-state index in [0.29, 0.717) is 0 Å². The average Bonchev–Trinajstić information content (AvgIpc) is 2.28. The summed E-state index contributed by atoms with van der Waals surface area (Å²) in [4.78, 5) is 1.66. The zero-order chi connectivity index (χ0) is 12.0. The second kappa shape index (κ2) is 8.98. The van der Waals surface area contributed by atoms with Crippen LogP contribution >= 0.6 is 23.2 Å². The maximum atomic E-state index is 5.57. The summed E-state index contributed by atoms with van der Waals surface area (Å²) in [6.45, 7) is 0. The smallest absolute Gasteiger partial charge is 0.780 e. The first kappa shape index (κ1) is 17.0. The normalized spacial score (nSPS) is 8.59. The third kappa shape index (κ3) is 7.82. The molecule has 0 N–H and O–H groups in total. The fourth-order valence-corrected chi connectivity index (χ4v) is 1.39. The van der Waals surface area contributed by atoms with Crippen molar-refractivity contribution in [3.05, 3.63) is 58.6 Å². The quantitative estimate of drug-likeness (QED) is 0.507. The first-order valence-electron chi connectivity index (χ1n) is 4.43.